The molecular weight excluding hydrogens is 316 g/mol. The first kappa shape index (κ1) is 17.1. The molecule has 0 atom stereocenters. The summed E-state index contributed by atoms with van der Waals surface area (Å²) in [7, 11) is 1.59. The molecule has 1 fully saturated rings. The first-order valence-corrected chi connectivity index (χ1v) is 8.53. The van der Waals surface area contributed by atoms with Crippen LogP contribution in [0.2, 0.25) is 0 Å². The lowest BCUT2D eigenvalue weighted by atomic mass is 10.1. The van der Waals surface area contributed by atoms with Gasteiger partial charge in [0.15, 0.2) is 18.1 Å². The Labute approximate surface area is 148 Å². The maximum Gasteiger partial charge on any atom is 0.260 e. The summed E-state index contributed by atoms with van der Waals surface area (Å²) in [5.74, 6) is 1.24. The van der Waals surface area contributed by atoms with Crippen molar-refractivity contribution in [2.45, 2.75) is 6.92 Å². The molecule has 1 amide bonds. The van der Waals surface area contributed by atoms with E-state index < -0.39 is 0 Å². The van der Waals surface area contributed by atoms with E-state index in [1.807, 2.05) is 35.2 Å². The summed E-state index contributed by atoms with van der Waals surface area (Å²) in [6.45, 7) is 5.25. The second kappa shape index (κ2) is 7.92. The minimum Gasteiger partial charge on any atom is -0.493 e. The third-order valence-electron chi connectivity index (χ3n) is 4.51. The topological polar surface area (TPSA) is 42.0 Å². The number of nitrogens with zero attached hydrogens (tertiary/aromatic N) is 2. The van der Waals surface area contributed by atoms with Gasteiger partial charge in [-0.15, -0.1) is 0 Å². The Kier molecular flexibility index (Phi) is 5.43. The molecular formula is C20H24N2O3. The summed E-state index contributed by atoms with van der Waals surface area (Å²) in [6.07, 6.45) is 0. The summed E-state index contributed by atoms with van der Waals surface area (Å²) in [4.78, 5) is 16.6. The van der Waals surface area contributed by atoms with Gasteiger partial charge in [0.05, 0.1) is 7.11 Å². The molecule has 0 spiro atoms. The maximum absolute atomic E-state index is 12.4. The predicted octanol–water partition coefficient (Wildman–Crippen LogP) is 2.73. The number of hydrogen-bond acceptors (Lipinski definition) is 4. The van der Waals surface area contributed by atoms with Crippen LogP contribution in [0.5, 0.6) is 11.5 Å². The molecule has 1 aliphatic heterocycles. The second-order valence-electron chi connectivity index (χ2n) is 6.09. The summed E-state index contributed by atoms with van der Waals surface area (Å²) in [5.41, 5.74) is 2.52. The first-order chi connectivity index (χ1) is 12.2. The summed E-state index contributed by atoms with van der Waals surface area (Å²) in [6, 6.07) is 15.7. The zero-order valence-electron chi connectivity index (χ0n) is 14.8. The average Bonchev–Trinajstić information content (AvgIpc) is 2.67. The zero-order chi connectivity index (χ0) is 17.6. The van der Waals surface area contributed by atoms with Gasteiger partial charge >= 0.3 is 0 Å². The number of carbonyl (C=O) groups is 1. The van der Waals surface area contributed by atoms with E-state index >= 15 is 0 Å². The maximum atomic E-state index is 12.4. The fraction of sp³-hybridized carbons (Fsp3) is 0.350. The number of carbonyl (C=O) groups excluding carboxylic acids is 1. The fourth-order valence-corrected chi connectivity index (χ4v) is 3.08. The third-order valence-corrected chi connectivity index (χ3v) is 4.51. The molecule has 0 radical (unpaired) electrons. The Morgan fingerprint density at radius 3 is 2.28 bits per heavy atom. The molecule has 3 rings (SSSR count). The number of aryl methyl sites for hydroxylation is 1. The molecule has 5 heteroatoms. The molecule has 0 bridgehead atoms. The van der Waals surface area contributed by atoms with Crippen molar-refractivity contribution in [3.63, 3.8) is 0 Å². The van der Waals surface area contributed by atoms with Crippen molar-refractivity contribution in [2.75, 3.05) is 44.8 Å². The van der Waals surface area contributed by atoms with Crippen LogP contribution in [0.4, 0.5) is 5.69 Å². The van der Waals surface area contributed by atoms with Gasteiger partial charge < -0.3 is 19.3 Å². The van der Waals surface area contributed by atoms with Crippen molar-refractivity contribution in [1.29, 1.82) is 0 Å². The van der Waals surface area contributed by atoms with E-state index in [9.17, 15) is 4.79 Å². The quantitative estimate of drug-likeness (QED) is 0.839. The van der Waals surface area contributed by atoms with Crippen molar-refractivity contribution in [2.24, 2.45) is 0 Å². The smallest absolute Gasteiger partial charge is 0.260 e. The molecule has 5 nitrogen and oxygen atoms in total. The van der Waals surface area contributed by atoms with Gasteiger partial charge in [-0.2, -0.15) is 0 Å². The molecule has 0 aromatic heterocycles. The SMILES string of the molecule is COc1ccccc1OCC(=O)N1CCN(c2ccccc2C)CC1. The van der Waals surface area contributed by atoms with Crippen molar-refractivity contribution in [3.8, 4) is 11.5 Å². The molecule has 25 heavy (non-hydrogen) atoms. The van der Waals surface area contributed by atoms with Crippen molar-refractivity contribution < 1.29 is 14.3 Å². The average molecular weight is 340 g/mol. The second-order valence-corrected chi connectivity index (χ2v) is 6.09. The van der Waals surface area contributed by atoms with Gasteiger partial charge in [0, 0.05) is 31.9 Å². The van der Waals surface area contributed by atoms with Crippen molar-refractivity contribution in [3.05, 3.63) is 54.1 Å². The van der Waals surface area contributed by atoms with E-state index in [1.165, 1.54) is 11.3 Å². The van der Waals surface area contributed by atoms with Crippen LogP contribution >= 0.6 is 0 Å². The lowest BCUT2D eigenvalue weighted by molar-refractivity contribution is -0.133. The van der Waals surface area contributed by atoms with E-state index in [-0.39, 0.29) is 12.5 Å². The van der Waals surface area contributed by atoms with E-state index in [2.05, 4.69) is 30.0 Å². The summed E-state index contributed by atoms with van der Waals surface area (Å²) < 4.78 is 10.9. The number of amides is 1. The minimum absolute atomic E-state index is 0.00957. The van der Waals surface area contributed by atoms with Crippen LogP contribution in [0.15, 0.2) is 48.5 Å². The number of ether oxygens (including phenoxy) is 2. The zero-order valence-corrected chi connectivity index (χ0v) is 14.8. The lowest BCUT2D eigenvalue weighted by Crippen LogP contribution is -2.50. The number of anilines is 1. The molecule has 0 unspecified atom stereocenters. The third kappa shape index (κ3) is 4.05. The highest BCUT2D eigenvalue weighted by atomic mass is 16.5. The fourth-order valence-electron chi connectivity index (χ4n) is 3.08. The predicted molar refractivity (Wildman–Crippen MR) is 98.5 cm³/mol. The molecule has 1 heterocycles. The van der Waals surface area contributed by atoms with Crippen LogP contribution < -0.4 is 14.4 Å². The Bertz CT molecular complexity index is 724. The lowest BCUT2D eigenvalue weighted by Gasteiger charge is -2.36. The Morgan fingerprint density at radius 2 is 1.60 bits per heavy atom. The molecule has 2 aromatic rings. The largest absolute Gasteiger partial charge is 0.493 e. The van der Waals surface area contributed by atoms with Gasteiger partial charge in [0.1, 0.15) is 0 Å². The molecule has 0 saturated carbocycles. The Hall–Kier alpha value is -2.69. The van der Waals surface area contributed by atoms with Crippen LogP contribution in [0.1, 0.15) is 5.56 Å². The van der Waals surface area contributed by atoms with E-state index in [0.717, 1.165) is 13.1 Å². The Morgan fingerprint density at radius 1 is 0.960 bits per heavy atom. The highest BCUT2D eigenvalue weighted by Gasteiger charge is 2.22. The number of hydrogen-bond donors (Lipinski definition) is 0. The molecule has 1 saturated heterocycles. The highest BCUT2D eigenvalue weighted by Crippen LogP contribution is 2.26. The molecule has 132 valence electrons. The molecule has 2 aromatic carbocycles. The number of benzene rings is 2. The normalized spacial score (nSPS) is 14.3. The van der Waals surface area contributed by atoms with Gasteiger partial charge in [-0.1, -0.05) is 30.3 Å². The van der Waals surface area contributed by atoms with Gasteiger partial charge in [-0.05, 0) is 30.7 Å². The van der Waals surface area contributed by atoms with E-state index in [0.29, 0.717) is 24.6 Å². The van der Waals surface area contributed by atoms with Crippen LogP contribution in [-0.2, 0) is 4.79 Å². The summed E-state index contributed by atoms with van der Waals surface area (Å²) >= 11 is 0. The highest BCUT2D eigenvalue weighted by molar-refractivity contribution is 5.78. The van der Waals surface area contributed by atoms with Crippen LogP contribution in [0.3, 0.4) is 0 Å². The van der Waals surface area contributed by atoms with Crippen LogP contribution in [0.25, 0.3) is 0 Å². The van der Waals surface area contributed by atoms with E-state index in [4.69, 9.17) is 9.47 Å². The standard InChI is InChI=1S/C20H24N2O3/c1-16-7-3-4-8-17(16)21-11-13-22(14-12-21)20(23)15-25-19-10-6-5-9-18(19)24-2/h3-10H,11-15H2,1-2H3. The number of rotatable bonds is 5. The molecule has 1 aliphatic rings. The Balaban J connectivity index is 1.53. The first-order valence-electron chi connectivity index (χ1n) is 8.53. The number of methoxy groups -OCH3 is 1. The minimum atomic E-state index is 0.00957. The summed E-state index contributed by atoms with van der Waals surface area (Å²) in [5, 5.41) is 0. The molecule has 0 aliphatic carbocycles. The van der Waals surface area contributed by atoms with E-state index in [1.54, 1.807) is 7.11 Å². The van der Waals surface area contributed by atoms with Crippen LogP contribution in [0, 0.1) is 6.92 Å². The monoisotopic (exact) mass is 340 g/mol. The van der Waals surface area contributed by atoms with Crippen LogP contribution in [-0.4, -0.2) is 50.7 Å². The van der Waals surface area contributed by atoms with Gasteiger partial charge in [-0.3, -0.25) is 4.79 Å². The van der Waals surface area contributed by atoms with Crippen molar-refractivity contribution >= 4 is 11.6 Å². The van der Waals surface area contributed by atoms with Gasteiger partial charge in [0.25, 0.3) is 5.91 Å². The van der Waals surface area contributed by atoms with Gasteiger partial charge in [0.2, 0.25) is 0 Å². The molecule has 0 N–H and O–H groups in total. The van der Waals surface area contributed by atoms with Crippen molar-refractivity contribution in [1.82, 2.24) is 4.90 Å². The number of piperazine rings is 1. The van der Waals surface area contributed by atoms with Gasteiger partial charge in [-0.25, -0.2) is 0 Å². The number of para-hydroxylation sites is 3.